The molecule has 3 heterocycles. The maximum Gasteiger partial charge on any atom is 0.348 e. The minimum Gasteiger partial charge on any atom is -0.453 e. The highest BCUT2D eigenvalue weighted by Gasteiger charge is 2.50. The van der Waals surface area contributed by atoms with E-state index in [9.17, 15) is 9.90 Å². The highest BCUT2D eigenvalue weighted by molar-refractivity contribution is 5.85. The Morgan fingerprint density at radius 1 is 1.07 bits per heavy atom. The third kappa shape index (κ3) is 3.22. The van der Waals surface area contributed by atoms with Crippen LogP contribution in [0.1, 0.15) is 24.0 Å². The van der Waals surface area contributed by atoms with E-state index in [1.165, 1.54) is 0 Å². The van der Waals surface area contributed by atoms with Crippen LogP contribution >= 0.6 is 0 Å². The number of esters is 1. The van der Waals surface area contributed by atoms with E-state index in [0.29, 0.717) is 23.6 Å². The summed E-state index contributed by atoms with van der Waals surface area (Å²) in [6, 6.07) is 18.0. The van der Waals surface area contributed by atoms with Gasteiger partial charge < -0.3 is 14.3 Å². The quantitative estimate of drug-likeness (QED) is 0.496. The number of terminal acetylenes is 1. The molecule has 2 aromatic rings. The fourth-order valence-corrected chi connectivity index (χ4v) is 4.75. The Labute approximate surface area is 166 Å². The maximum atomic E-state index is 13.4. The summed E-state index contributed by atoms with van der Waals surface area (Å²) in [5.41, 5.74) is -0.800. The van der Waals surface area contributed by atoms with Gasteiger partial charge in [-0.25, -0.2) is 4.79 Å². The summed E-state index contributed by atoms with van der Waals surface area (Å²) < 4.78 is 6.82. The molecule has 2 aromatic carbocycles. The van der Waals surface area contributed by atoms with Gasteiger partial charge in [0.1, 0.15) is 13.1 Å². The lowest BCUT2D eigenvalue weighted by molar-refractivity contribution is -0.939. The molecule has 0 aliphatic carbocycles. The molecule has 0 saturated carbocycles. The van der Waals surface area contributed by atoms with Crippen LogP contribution < -0.4 is 0 Å². The molecule has 3 saturated heterocycles. The van der Waals surface area contributed by atoms with E-state index in [2.05, 4.69) is 5.92 Å². The largest absolute Gasteiger partial charge is 0.453 e. The van der Waals surface area contributed by atoms with Gasteiger partial charge in [0.15, 0.2) is 6.10 Å². The second kappa shape index (κ2) is 7.43. The van der Waals surface area contributed by atoms with Crippen LogP contribution in [0.2, 0.25) is 0 Å². The number of piperidine rings is 3. The fraction of sp³-hybridized carbons (Fsp3) is 0.375. The number of carbonyl (C=O) groups is 1. The summed E-state index contributed by atoms with van der Waals surface area (Å²) in [6.07, 6.45) is 7.40. The van der Waals surface area contributed by atoms with Crippen molar-refractivity contribution in [2.45, 2.75) is 24.5 Å². The van der Waals surface area contributed by atoms with E-state index in [1.807, 2.05) is 36.4 Å². The van der Waals surface area contributed by atoms with Crippen LogP contribution in [0.3, 0.4) is 0 Å². The summed E-state index contributed by atoms with van der Waals surface area (Å²) in [4.78, 5) is 13.4. The van der Waals surface area contributed by atoms with Gasteiger partial charge in [-0.1, -0.05) is 60.7 Å². The second-order valence-electron chi connectivity index (χ2n) is 8.06. The van der Waals surface area contributed by atoms with Gasteiger partial charge >= 0.3 is 5.97 Å². The normalized spacial score (nSPS) is 26.4. The predicted molar refractivity (Wildman–Crippen MR) is 107 cm³/mol. The number of quaternary nitrogens is 1. The average Bonchev–Trinajstić information content (AvgIpc) is 2.75. The molecule has 0 amide bonds. The summed E-state index contributed by atoms with van der Waals surface area (Å²) in [5.74, 6) is 2.53. The van der Waals surface area contributed by atoms with Crippen LogP contribution in [0.15, 0.2) is 60.7 Å². The summed E-state index contributed by atoms with van der Waals surface area (Å²) in [5, 5.41) is 11.6. The van der Waals surface area contributed by atoms with E-state index in [-0.39, 0.29) is 6.10 Å². The molecule has 0 aromatic heterocycles. The number of rotatable bonds is 5. The monoisotopic (exact) mass is 376 g/mol. The molecular formula is C24H26NO3+. The van der Waals surface area contributed by atoms with Crippen LogP contribution in [0.4, 0.5) is 0 Å². The molecule has 28 heavy (non-hydrogen) atoms. The Balaban J connectivity index is 1.63. The molecule has 144 valence electrons. The zero-order valence-electron chi connectivity index (χ0n) is 16.0. The predicted octanol–water partition coefficient (Wildman–Crippen LogP) is 2.71. The van der Waals surface area contributed by atoms with E-state index in [1.54, 1.807) is 24.3 Å². The van der Waals surface area contributed by atoms with Gasteiger partial charge in [-0.05, 0) is 17.0 Å². The van der Waals surface area contributed by atoms with Gasteiger partial charge in [-0.15, -0.1) is 6.42 Å². The van der Waals surface area contributed by atoms with Crippen LogP contribution in [0.25, 0.3) is 0 Å². The van der Waals surface area contributed by atoms with Crippen molar-refractivity contribution in [1.82, 2.24) is 0 Å². The summed E-state index contributed by atoms with van der Waals surface area (Å²) >= 11 is 0. The third-order valence-electron chi connectivity index (χ3n) is 6.41. The Morgan fingerprint density at radius 3 is 2.11 bits per heavy atom. The minimum atomic E-state index is -1.83. The third-order valence-corrected chi connectivity index (χ3v) is 6.41. The molecule has 1 unspecified atom stereocenters. The van der Waals surface area contributed by atoms with Crippen LogP contribution in [0.5, 0.6) is 0 Å². The molecule has 0 spiro atoms. The number of aliphatic hydroxyl groups is 1. The first kappa shape index (κ1) is 18.7. The van der Waals surface area contributed by atoms with Crippen molar-refractivity contribution in [1.29, 1.82) is 0 Å². The number of hydrogen-bond acceptors (Lipinski definition) is 3. The lowest BCUT2D eigenvalue weighted by Gasteiger charge is -2.51. The van der Waals surface area contributed by atoms with Gasteiger partial charge in [0.05, 0.1) is 13.1 Å². The topological polar surface area (TPSA) is 46.5 Å². The van der Waals surface area contributed by atoms with Gasteiger partial charge in [-0.2, -0.15) is 0 Å². The number of ether oxygens (including phenoxy) is 1. The van der Waals surface area contributed by atoms with E-state index in [0.717, 1.165) is 37.0 Å². The summed E-state index contributed by atoms with van der Waals surface area (Å²) in [7, 11) is 0. The average molecular weight is 376 g/mol. The summed E-state index contributed by atoms with van der Waals surface area (Å²) in [6.45, 7) is 3.50. The van der Waals surface area contributed by atoms with Crippen molar-refractivity contribution in [2.24, 2.45) is 5.92 Å². The molecule has 3 aliphatic heterocycles. The number of fused-ring (bicyclic) bond motifs is 3. The highest BCUT2D eigenvalue weighted by atomic mass is 16.6. The standard InChI is InChI=1S/C24H26NO3/c1-2-15-25-16-13-19(14-17-25)22(18-25)28-23(26)24(27,20-9-5-3-6-10-20)21-11-7-4-8-12-21/h1,3-12,19,22,27H,13-18H2/q+1. The van der Waals surface area contributed by atoms with Gasteiger partial charge in [0.25, 0.3) is 0 Å². The van der Waals surface area contributed by atoms with Crippen molar-refractivity contribution in [3.05, 3.63) is 71.8 Å². The Bertz CT molecular complexity index is 824. The fourth-order valence-electron chi connectivity index (χ4n) is 4.75. The molecular weight excluding hydrogens is 350 g/mol. The van der Waals surface area contributed by atoms with Gasteiger partial charge in [-0.3, -0.25) is 0 Å². The van der Waals surface area contributed by atoms with Crippen LogP contribution in [0, 0.1) is 18.3 Å². The van der Waals surface area contributed by atoms with Crippen molar-refractivity contribution in [2.75, 3.05) is 26.2 Å². The first-order valence-electron chi connectivity index (χ1n) is 9.90. The minimum absolute atomic E-state index is 0.206. The van der Waals surface area contributed by atoms with Gasteiger partial charge in [0.2, 0.25) is 5.60 Å². The van der Waals surface area contributed by atoms with Crippen molar-refractivity contribution >= 4 is 5.97 Å². The molecule has 0 radical (unpaired) electrons. The maximum absolute atomic E-state index is 13.4. The molecule has 2 bridgehead atoms. The molecule has 1 atom stereocenters. The molecule has 1 N–H and O–H groups in total. The van der Waals surface area contributed by atoms with Crippen molar-refractivity contribution in [3.63, 3.8) is 0 Å². The van der Waals surface area contributed by atoms with Crippen LogP contribution in [-0.2, 0) is 15.1 Å². The van der Waals surface area contributed by atoms with Crippen LogP contribution in [-0.4, -0.2) is 47.8 Å². The van der Waals surface area contributed by atoms with Crippen molar-refractivity contribution in [3.8, 4) is 12.3 Å². The van der Waals surface area contributed by atoms with E-state index >= 15 is 0 Å². The van der Waals surface area contributed by atoms with E-state index in [4.69, 9.17) is 11.2 Å². The Kier molecular flexibility index (Phi) is 4.97. The molecule has 5 rings (SSSR count). The van der Waals surface area contributed by atoms with Gasteiger partial charge in [0, 0.05) is 18.8 Å². The first-order chi connectivity index (χ1) is 13.6. The lowest BCUT2D eigenvalue weighted by atomic mass is 9.82. The first-order valence-corrected chi connectivity index (χ1v) is 9.90. The van der Waals surface area contributed by atoms with E-state index < -0.39 is 11.6 Å². The number of hydrogen-bond donors (Lipinski definition) is 1. The van der Waals surface area contributed by atoms with Crippen molar-refractivity contribution < 1.29 is 19.1 Å². The zero-order chi connectivity index (χ0) is 19.6. The smallest absolute Gasteiger partial charge is 0.348 e. The number of benzene rings is 2. The SMILES string of the molecule is C#CC[N+]12CCC(CC1)C(OC(=O)C(O)(c1ccccc1)c1ccccc1)C2. The number of carbonyl (C=O) groups excluding carboxylic acids is 1. The molecule has 4 heteroatoms. The lowest BCUT2D eigenvalue weighted by Crippen LogP contribution is -2.64. The number of nitrogens with zero attached hydrogens (tertiary/aromatic N) is 1. The Morgan fingerprint density at radius 2 is 1.61 bits per heavy atom. The molecule has 4 nitrogen and oxygen atoms in total. The molecule has 3 aliphatic rings. The Hall–Kier alpha value is -2.61. The second-order valence-corrected chi connectivity index (χ2v) is 8.06. The molecule has 3 fully saturated rings. The highest BCUT2D eigenvalue weighted by Crippen LogP contribution is 2.38. The zero-order valence-corrected chi connectivity index (χ0v) is 16.0.